The molecule has 3 aliphatic carbocycles. The summed E-state index contributed by atoms with van der Waals surface area (Å²) in [6.45, 7) is 20.0. The Hall–Kier alpha value is -2.51. The summed E-state index contributed by atoms with van der Waals surface area (Å²) in [4.78, 5) is 14.3. The van der Waals surface area contributed by atoms with Crippen LogP contribution in [0.3, 0.4) is 0 Å². The SMILES string of the molecule is CC1=C2[C@@H](C)[C@H](O)[C@@]3(C)C([C@H](c4ccccc4)[C@](O)(C[C@@H]1OC(=O)[C@@H]1OC(C)(C)C[C@H]1c1ccccc1)C2(C)C)[C@]1(C)CO[C@@H]1C[C@@H]3C. The van der Waals surface area contributed by atoms with Gasteiger partial charge in [0.05, 0.1) is 30.0 Å². The number of hydrogen-bond acceptors (Lipinski definition) is 6. The molecule has 0 amide bonds. The minimum Gasteiger partial charge on any atom is -0.456 e. The van der Waals surface area contributed by atoms with Crippen LogP contribution < -0.4 is 0 Å². The summed E-state index contributed by atoms with van der Waals surface area (Å²) in [5.74, 6) is -1.05. The fourth-order valence-electron chi connectivity index (χ4n) is 11.7. The van der Waals surface area contributed by atoms with Gasteiger partial charge in [0.25, 0.3) is 0 Å². The molecule has 0 radical (unpaired) electrons. The zero-order chi connectivity index (χ0) is 34.6. The summed E-state index contributed by atoms with van der Waals surface area (Å²) in [7, 11) is 0. The van der Waals surface area contributed by atoms with Gasteiger partial charge < -0.3 is 24.4 Å². The highest BCUT2D eigenvalue weighted by atomic mass is 16.6. The van der Waals surface area contributed by atoms with Crippen molar-refractivity contribution in [2.24, 2.45) is 34.0 Å². The first kappa shape index (κ1) is 34.0. The first-order valence-corrected chi connectivity index (χ1v) is 18.2. The third-order valence-electron chi connectivity index (χ3n) is 14.3. The van der Waals surface area contributed by atoms with Gasteiger partial charge in [0.1, 0.15) is 6.10 Å². The Labute approximate surface area is 287 Å². The highest BCUT2D eigenvalue weighted by molar-refractivity contribution is 5.77. The molecule has 6 heteroatoms. The molecule has 48 heavy (non-hydrogen) atoms. The van der Waals surface area contributed by atoms with E-state index >= 15 is 0 Å². The van der Waals surface area contributed by atoms with Crippen LogP contribution in [0.2, 0.25) is 0 Å². The Balaban J connectivity index is 1.37. The van der Waals surface area contributed by atoms with Crippen molar-refractivity contribution in [1.29, 1.82) is 0 Å². The van der Waals surface area contributed by atoms with E-state index in [-0.39, 0.29) is 47.5 Å². The number of aliphatic hydroxyl groups excluding tert-OH is 1. The summed E-state index contributed by atoms with van der Waals surface area (Å²) in [5, 5.41) is 26.5. The van der Waals surface area contributed by atoms with Crippen molar-refractivity contribution in [3.8, 4) is 0 Å². The lowest BCUT2D eigenvalue weighted by Crippen LogP contribution is -2.73. The van der Waals surface area contributed by atoms with Crippen LogP contribution in [0.15, 0.2) is 71.8 Å². The van der Waals surface area contributed by atoms with E-state index < -0.39 is 46.3 Å². The van der Waals surface area contributed by atoms with Gasteiger partial charge in [0.15, 0.2) is 6.10 Å². The minimum atomic E-state index is -1.30. The Morgan fingerprint density at radius 1 is 0.896 bits per heavy atom. The van der Waals surface area contributed by atoms with E-state index in [1.54, 1.807) is 0 Å². The molecule has 2 aromatic rings. The number of rotatable bonds is 4. The number of aliphatic hydroxyl groups is 2. The number of esters is 1. The zero-order valence-corrected chi connectivity index (χ0v) is 30.3. The third-order valence-corrected chi connectivity index (χ3v) is 14.3. The summed E-state index contributed by atoms with van der Waals surface area (Å²) in [5.41, 5.74) is 0.811. The molecule has 7 rings (SSSR count). The van der Waals surface area contributed by atoms with Crippen molar-refractivity contribution in [3.05, 3.63) is 82.9 Å². The molecule has 2 N–H and O–H groups in total. The van der Waals surface area contributed by atoms with E-state index in [2.05, 4.69) is 77.9 Å². The zero-order valence-electron chi connectivity index (χ0n) is 30.3. The number of carbonyl (C=O) groups excluding carboxylic acids is 1. The second kappa shape index (κ2) is 11.2. The van der Waals surface area contributed by atoms with Crippen molar-refractivity contribution >= 4 is 5.97 Å². The topological polar surface area (TPSA) is 85.2 Å². The second-order valence-corrected chi connectivity index (χ2v) is 17.7. The molecule has 2 saturated heterocycles. The third kappa shape index (κ3) is 4.68. The fraction of sp³-hybridized carbons (Fsp3) is 0.643. The van der Waals surface area contributed by atoms with Gasteiger partial charge in [-0.3, -0.25) is 0 Å². The van der Waals surface area contributed by atoms with Crippen LogP contribution in [0, 0.1) is 34.0 Å². The number of fused-ring (bicyclic) bond motifs is 5. The molecular weight excluding hydrogens is 600 g/mol. The van der Waals surface area contributed by atoms with Crippen molar-refractivity contribution in [1.82, 2.24) is 0 Å². The van der Waals surface area contributed by atoms with E-state index in [9.17, 15) is 15.0 Å². The molecule has 2 aromatic carbocycles. The van der Waals surface area contributed by atoms with E-state index in [1.807, 2.05) is 45.0 Å². The van der Waals surface area contributed by atoms with Gasteiger partial charge in [0, 0.05) is 40.4 Å². The maximum Gasteiger partial charge on any atom is 0.336 e. The largest absolute Gasteiger partial charge is 0.456 e. The van der Waals surface area contributed by atoms with Crippen molar-refractivity contribution in [2.75, 3.05) is 6.61 Å². The fourth-order valence-corrected chi connectivity index (χ4v) is 11.7. The number of hydrogen-bond donors (Lipinski definition) is 2. The molecule has 0 aromatic heterocycles. The molecule has 2 saturated carbocycles. The maximum absolute atomic E-state index is 14.3. The lowest BCUT2D eigenvalue weighted by atomic mass is 9.37. The Morgan fingerprint density at radius 3 is 2.08 bits per heavy atom. The average molecular weight is 657 g/mol. The lowest BCUT2D eigenvalue weighted by Gasteiger charge is -2.71. The molecule has 12 atom stereocenters. The molecule has 6 nitrogen and oxygen atoms in total. The highest BCUT2D eigenvalue weighted by Gasteiger charge is 2.72. The monoisotopic (exact) mass is 656 g/mol. The van der Waals surface area contributed by atoms with Gasteiger partial charge in [-0.2, -0.15) is 0 Å². The summed E-state index contributed by atoms with van der Waals surface area (Å²) >= 11 is 0. The van der Waals surface area contributed by atoms with Crippen LogP contribution in [-0.4, -0.2) is 58.4 Å². The Bertz CT molecular complexity index is 1580. The Kier molecular flexibility index (Phi) is 7.96. The standard InChI is InChI=1S/C42H56O6/c1-24-20-31-40(8,23-46-31)35-33(28-18-14-11-15-19-28)42(45)22-30(25(2)32(39(42,6)7)26(3)36(43)41(24,35)9)47-37(44)34-29(21-38(4,5)48-34)27-16-12-10-13-17-27/h10-19,24,26,29-31,33-36,43,45H,20-23H2,1-9H3/t24-,26+,29-,30-,31+,33-,34+,35?,36-,40+,41+,42+/m0/s1. The molecule has 4 fully saturated rings. The molecule has 0 spiro atoms. The number of benzene rings is 2. The van der Waals surface area contributed by atoms with Gasteiger partial charge >= 0.3 is 5.97 Å². The molecule has 260 valence electrons. The normalized spacial score (nSPS) is 44.4. The summed E-state index contributed by atoms with van der Waals surface area (Å²) in [6.07, 6.45) is -0.173. The van der Waals surface area contributed by atoms with Crippen LogP contribution in [0.5, 0.6) is 0 Å². The molecular formula is C42H56O6. The lowest BCUT2D eigenvalue weighted by molar-refractivity contribution is -0.306. The van der Waals surface area contributed by atoms with Gasteiger partial charge in [-0.05, 0) is 62.1 Å². The quantitative estimate of drug-likeness (QED) is 0.261. The first-order chi connectivity index (χ1) is 22.5. The van der Waals surface area contributed by atoms with Crippen LogP contribution >= 0.6 is 0 Å². The molecule has 2 bridgehead atoms. The van der Waals surface area contributed by atoms with E-state index in [0.29, 0.717) is 13.0 Å². The molecule has 2 aliphatic heterocycles. The minimum absolute atomic E-state index is 0.0668. The van der Waals surface area contributed by atoms with Crippen molar-refractivity contribution < 1.29 is 29.2 Å². The van der Waals surface area contributed by atoms with E-state index in [4.69, 9.17) is 14.2 Å². The Morgan fingerprint density at radius 2 is 1.50 bits per heavy atom. The highest BCUT2D eigenvalue weighted by Crippen LogP contribution is 2.71. The second-order valence-electron chi connectivity index (χ2n) is 17.7. The van der Waals surface area contributed by atoms with Gasteiger partial charge in [0.2, 0.25) is 0 Å². The average Bonchev–Trinajstić information content (AvgIpc) is 3.38. The maximum atomic E-state index is 14.3. The van der Waals surface area contributed by atoms with E-state index in [0.717, 1.165) is 28.7 Å². The number of carbonyl (C=O) groups is 1. The summed E-state index contributed by atoms with van der Waals surface area (Å²) in [6, 6.07) is 20.5. The number of ether oxygens (including phenoxy) is 3. The van der Waals surface area contributed by atoms with Crippen molar-refractivity contribution in [2.45, 2.75) is 129 Å². The molecule has 2 heterocycles. The van der Waals surface area contributed by atoms with Crippen LogP contribution in [0.25, 0.3) is 0 Å². The summed E-state index contributed by atoms with van der Waals surface area (Å²) < 4.78 is 19.3. The van der Waals surface area contributed by atoms with Crippen molar-refractivity contribution in [3.63, 3.8) is 0 Å². The molecule has 5 aliphatic rings. The van der Waals surface area contributed by atoms with Crippen LogP contribution in [-0.2, 0) is 19.0 Å². The van der Waals surface area contributed by atoms with Crippen LogP contribution in [0.4, 0.5) is 0 Å². The smallest absolute Gasteiger partial charge is 0.336 e. The van der Waals surface area contributed by atoms with E-state index in [1.165, 1.54) is 0 Å². The van der Waals surface area contributed by atoms with Crippen LogP contribution in [0.1, 0.15) is 105 Å². The van der Waals surface area contributed by atoms with Gasteiger partial charge in [-0.15, -0.1) is 0 Å². The molecule has 1 unspecified atom stereocenters. The predicted molar refractivity (Wildman–Crippen MR) is 186 cm³/mol. The van der Waals surface area contributed by atoms with Gasteiger partial charge in [-0.25, -0.2) is 4.79 Å². The first-order valence-electron chi connectivity index (χ1n) is 18.2. The van der Waals surface area contributed by atoms with Gasteiger partial charge in [-0.1, -0.05) is 108 Å². The predicted octanol–water partition coefficient (Wildman–Crippen LogP) is 7.59.